The Balaban J connectivity index is 3.12. The number of hydrogen-bond acceptors (Lipinski definition) is 3. The SMILES string of the molecule is C=C(C)CN(C)S(=O)(=O)c1cnccc1Cl. The third-order valence-corrected chi connectivity index (χ3v) is 4.19. The van der Waals surface area contributed by atoms with Crippen LogP contribution < -0.4 is 0 Å². The average molecular weight is 261 g/mol. The fourth-order valence-corrected chi connectivity index (χ4v) is 2.82. The van der Waals surface area contributed by atoms with Crippen molar-refractivity contribution in [2.75, 3.05) is 13.6 Å². The minimum absolute atomic E-state index is 0.0143. The molecule has 0 aromatic carbocycles. The van der Waals surface area contributed by atoms with E-state index in [1.54, 1.807) is 6.92 Å². The van der Waals surface area contributed by atoms with Gasteiger partial charge in [-0.3, -0.25) is 4.98 Å². The molecule has 4 nitrogen and oxygen atoms in total. The molecule has 0 saturated carbocycles. The molecule has 0 bridgehead atoms. The van der Waals surface area contributed by atoms with Crippen LogP contribution in [0.5, 0.6) is 0 Å². The van der Waals surface area contributed by atoms with Crippen LogP contribution in [0.2, 0.25) is 5.02 Å². The molecule has 88 valence electrons. The molecule has 16 heavy (non-hydrogen) atoms. The molecule has 0 spiro atoms. The Bertz CT molecular complexity index is 499. The summed E-state index contributed by atoms with van der Waals surface area (Å²) in [5, 5.41) is 0.170. The highest BCUT2D eigenvalue weighted by Gasteiger charge is 2.23. The number of aromatic nitrogens is 1. The Morgan fingerprint density at radius 1 is 1.62 bits per heavy atom. The van der Waals surface area contributed by atoms with Crippen molar-refractivity contribution in [3.63, 3.8) is 0 Å². The van der Waals surface area contributed by atoms with Gasteiger partial charge in [-0.15, -0.1) is 0 Å². The van der Waals surface area contributed by atoms with Gasteiger partial charge in [0.25, 0.3) is 0 Å². The summed E-state index contributed by atoms with van der Waals surface area (Å²) >= 11 is 5.82. The number of halogens is 1. The van der Waals surface area contributed by atoms with Crippen LogP contribution in [-0.2, 0) is 10.0 Å². The second-order valence-corrected chi connectivity index (χ2v) is 5.94. The molecular weight excluding hydrogens is 248 g/mol. The van der Waals surface area contributed by atoms with Crippen molar-refractivity contribution in [1.82, 2.24) is 9.29 Å². The largest absolute Gasteiger partial charge is 0.263 e. The summed E-state index contributed by atoms with van der Waals surface area (Å²) < 4.78 is 25.3. The van der Waals surface area contributed by atoms with Crippen LogP contribution in [0, 0.1) is 0 Å². The van der Waals surface area contributed by atoms with Gasteiger partial charge in [-0.05, 0) is 13.0 Å². The fourth-order valence-electron chi connectivity index (χ4n) is 1.19. The maximum absolute atomic E-state index is 12.0. The van der Waals surface area contributed by atoms with Crippen molar-refractivity contribution in [1.29, 1.82) is 0 Å². The Morgan fingerprint density at radius 2 is 2.25 bits per heavy atom. The van der Waals surface area contributed by atoms with Gasteiger partial charge in [-0.25, -0.2) is 8.42 Å². The second kappa shape index (κ2) is 4.95. The van der Waals surface area contributed by atoms with Crippen molar-refractivity contribution in [2.45, 2.75) is 11.8 Å². The minimum Gasteiger partial charge on any atom is -0.263 e. The van der Waals surface area contributed by atoms with E-state index in [1.807, 2.05) is 0 Å². The van der Waals surface area contributed by atoms with Gasteiger partial charge < -0.3 is 0 Å². The summed E-state index contributed by atoms with van der Waals surface area (Å²) in [5.41, 5.74) is 0.756. The first-order valence-electron chi connectivity index (χ1n) is 4.56. The van der Waals surface area contributed by atoms with E-state index in [9.17, 15) is 8.42 Å². The van der Waals surface area contributed by atoms with Gasteiger partial charge in [0.2, 0.25) is 10.0 Å². The Hall–Kier alpha value is -0.910. The van der Waals surface area contributed by atoms with E-state index in [-0.39, 0.29) is 16.5 Å². The highest BCUT2D eigenvalue weighted by atomic mass is 35.5. The van der Waals surface area contributed by atoms with Gasteiger partial charge in [-0.2, -0.15) is 4.31 Å². The molecular formula is C10H13ClN2O2S. The molecule has 0 fully saturated rings. The van der Waals surface area contributed by atoms with E-state index >= 15 is 0 Å². The molecule has 0 aliphatic rings. The van der Waals surface area contributed by atoms with Gasteiger partial charge in [0, 0.05) is 26.0 Å². The zero-order valence-electron chi connectivity index (χ0n) is 9.14. The van der Waals surface area contributed by atoms with E-state index < -0.39 is 10.0 Å². The molecule has 1 aromatic rings. The third kappa shape index (κ3) is 2.81. The van der Waals surface area contributed by atoms with E-state index in [0.717, 1.165) is 5.57 Å². The Kier molecular flexibility index (Phi) is 4.07. The number of rotatable bonds is 4. The smallest absolute Gasteiger partial charge is 0.246 e. The molecule has 0 aliphatic heterocycles. The summed E-state index contributed by atoms with van der Waals surface area (Å²) in [6, 6.07) is 1.45. The van der Waals surface area contributed by atoms with Crippen LogP contribution in [-0.4, -0.2) is 31.3 Å². The monoisotopic (exact) mass is 260 g/mol. The lowest BCUT2D eigenvalue weighted by Crippen LogP contribution is -2.28. The maximum atomic E-state index is 12.0. The number of pyridine rings is 1. The summed E-state index contributed by atoms with van der Waals surface area (Å²) in [7, 11) is -2.11. The highest BCUT2D eigenvalue weighted by molar-refractivity contribution is 7.89. The topological polar surface area (TPSA) is 50.3 Å². The van der Waals surface area contributed by atoms with Gasteiger partial charge in [0.15, 0.2) is 0 Å². The second-order valence-electron chi connectivity index (χ2n) is 3.52. The molecule has 0 atom stereocenters. The van der Waals surface area contributed by atoms with Gasteiger partial charge in [-0.1, -0.05) is 23.8 Å². The van der Waals surface area contributed by atoms with Crippen LogP contribution in [0.1, 0.15) is 6.92 Å². The van der Waals surface area contributed by atoms with Gasteiger partial charge in [0.1, 0.15) is 4.90 Å². The fraction of sp³-hybridized carbons (Fsp3) is 0.300. The first kappa shape index (κ1) is 13.2. The number of hydrogen-bond donors (Lipinski definition) is 0. The van der Waals surface area contributed by atoms with E-state index in [0.29, 0.717) is 0 Å². The average Bonchev–Trinajstić information content (AvgIpc) is 2.16. The predicted molar refractivity (Wildman–Crippen MR) is 63.9 cm³/mol. The standard InChI is InChI=1S/C10H13ClN2O2S/c1-8(2)7-13(3)16(14,15)10-6-12-5-4-9(10)11/h4-6H,1,7H2,2-3H3. The van der Waals surface area contributed by atoms with E-state index in [4.69, 9.17) is 11.6 Å². The molecule has 0 radical (unpaired) electrons. The molecule has 0 aliphatic carbocycles. The summed E-state index contributed by atoms with van der Waals surface area (Å²) in [6.07, 6.45) is 2.69. The van der Waals surface area contributed by atoms with Crippen LogP contribution in [0.4, 0.5) is 0 Å². The zero-order valence-corrected chi connectivity index (χ0v) is 10.7. The normalized spacial score (nSPS) is 11.8. The first-order chi connectivity index (χ1) is 7.35. The third-order valence-electron chi connectivity index (χ3n) is 1.91. The summed E-state index contributed by atoms with van der Waals surface area (Å²) in [5.74, 6) is 0. The molecule has 1 aromatic heterocycles. The quantitative estimate of drug-likeness (QED) is 0.778. The predicted octanol–water partition coefficient (Wildman–Crippen LogP) is 1.93. The lowest BCUT2D eigenvalue weighted by Gasteiger charge is -2.17. The van der Waals surface area contributed by atoms with Crippen LogP contribution >= 0.6 is 11.6 Å². The van der Waals surface area contributed by atoms with Crippen molar-refractivity contribution in [3.05, 3.63) is 35.6 Å². The van der Waals surface area contributed by atoms with Gasteiger partial charge in [0.05, 0.1) is 5.02 Å². The molecule has 0 N–H and O–H groups in total. The molecule has 6 heteroatoms. The molecule has 1 rings (SSSR count). The zero-order chi connectivity index (χ0) is 12.3. The van der Waals surface area contributed by atoms with Gasteiger partial charge >= 0.3 is 0 Å². The highest BCUT2D eigenvalue weighted by Crippen LogP contribution is 2.22. The maximum Gasteiger partial charge on any atom is 0.246 e. The number of likely N-dealkylation sites (N-methyl/N-ethyl adjacent to an activating group) is 1. The van der Waals surface area contributed by atoms with E-state index in [2.05, 4.69) is 11.6 Å². The Morgan fingerprint density at radius 3 is 2.75 bits per heavy atom. The van der Waals surface area contributed by atoms with Crippen LogP contribution in [0.15, 0.2) is 35.5 Å². The van der Waals surface area contributed by atoms with Crippen molar-refractivity contribution in [3.8, 4) is 0 Å². The number of sulfonamides is 1. The summed E-state index contributed by atoms with van der Waals surface area (Å²) in [4.78, 5) is 3.77. The van der Waals surface area contributed by atoms with Crippen molar-refractivity contribution >= 4 is 21.6 Å². The first-order valence-corrected chi connectivity index (χ1v) is 6.37. The minimum atomic E-state index is -3.59. The molecule has 0 saturated heterocycles. The molecule has 0 amide bonds. The van der Waals surface area contributed by atoms with Crippen LogP contribution in [0.3, 0.4) is 0 Å². The molecule has 0 unspecified atom stereocenters. The molecule has 1 heterocycles. The van der Waals surface area contributed by atoms with Crippen LogP contribution in [0.25, 0.3) is 0 Å². The summed E-state index contributed by atoms with van der Waals surface area (Å²) in [6.45, 7) is 5.69. The Labute approximate surface area is 101 Å². The van der Waals surface area contributed by atoms with Crippen molar-refractivity contribution in [2.24, 2.45) is 0 Å². The lowest BCUT2D eigenvalue weighted by atomic mass is 10.4. The number of nitrogens with zero attached hydrogens (tertiary/aromatic N) is 2. The van der Waals surface area contributed by atoms with E-state index in [1.165, 1.54) is 29.8 Å². The lowest BCUT2D eigenvalue weighted by molar-refractivity contribution is 0.493. The van der Waals surface area contributed by atoms with Crippen molar-refractivity contribution < 1.29 is 8.42 Å².